The van der Waals surface area contributed by atoms with E-state index in [0.717, 1.165) is 11.3 Å². The van der Waals surface area contributed by atoms with Crippen LogP contribution in [0.2, 0.25) is 0 Å². The zero-order chi connectivity index (χ0) is 13.6. The maximum Gasteiger partial charge on any atom is 0.304 e. The molecule has 18 heavy (non-hydrogen) atoms. The Morgan fingerprint density at radius 1 is 1.39 bits per heavy atom. The van der Waals surface area contributed by atoms with Gasteiger partial charge in [0.1, 0.15) is 5.75 Å². The van der Waals surface area contributed by atoms with Gasteiger partial charge in [-0.2, -0.15) is 0 Å². The Hall–Kier alpha value is -1.55. The van der Waals surface area contributed by atoms with Crippen molar-refractivity contribution >= 4 is 5.97 Å². The van der Waals surface area contributed by atoms with Crippen molar-refractivity contribution in [2.45, 2.75) is 25.7 Å². The van der Waals surface area contributed by atoms with Gasteiger partial charge in [-0.15, -0.1) is 0 Å². The molecular formula is C14H21NO3. The highest BCUT2D eigenvalue weighted by molar-refractivity contribution is 5.66. The van der Waals surface area contributed by atoms with Gasteiger partial charge in [0.25, 0.3) is 0 Å². The second-order valence-corrected chi connectivity index (χ2v) is 4.90. The predicted octanol–water partition coefficient (Wildman–Crippen LogP) is 2.04. The highest BCUT2D eigenvalue weighted by Gasteiger charge is 2.23. The first-order chi connectivity index (χ1) is 8.47. The van der Waals surface area contributed by atoms with Gasteiger partial charge < -0.3 is 15.2 Å². The lowest BCUT2D eigenvalue weighted by Crippen LogP contribution is -2.34. The lowest BCUT2D eigenvalue weighted by atomic mass is 9.84. The van der Waals surface area contributed by atoms with Crippen LogP contribution in [0.4, 0.5) is 0 Å². The Balaban J connectivity index is 2.64. The van der Waals surface area contributed by atoms with Gasteiger partial charge in [-0.05, 0) is 6.07 Å². The van der Waals surface area contributed by atoms with Gasteiger partial charge in [0.2, 0.25) is 0 Å². The first kappa shape index (κ1) is 14.5. The van der Waals surface area contributed by atoms with Crippen LogP contribution >= 0.6 is 0 Å². The highest BCUT2D eigenvalue weighted by atomic mass is 16.5. The summed E-state index contributed by atoms with van der Waals surface area (Å²) in [6, 6.07) is 7.90. The molecule has 4 nitrogen and oxygen atoms in total. The van der Waals surface area contributed by atoms with Crippen LogP contribution in [-0.2, 0) is 10.2 Å². The van der Waals surface area contributed by atoms with Gasteiger partial charge in [-0.1, -0.05) is 32.0 Å². The fraction of sp³-hybridized carbons (Fsp3) is 0.500. The van der Waals surface area contributed by atoms with Gasteiger partial charge in [-0.3, -0.25) is 4.79 Å². The molecule has 0 aromatic heterocycles. The van der Waals surface area contributed by atoms with E-state index in [2.05, 4.69) is 19.2 Å². The fourth-order valence-electron chi connectivity index (χ4n) is 1.90. The molecule has 0 amide bonds. The van der Waals surface area contributed by atoms with E-state index in [-0.39, 0.29) is 11.8 Å². The molecule has 100 valence electrons. The van der Waals surface area contributed by atoms with E-state index in [1.54, 1.807) is 7.11 Å². The summed E-state index contributed by atoms with van der Waals surface area (Å²) in [5.74, 6) is 0.0835. The number of hydrogen-bond acceptors (Lipinski definition) is 3. The van der Waals surface area contributed by atoms with Crippen LogP contribution in [0.5, 0.6) is 5.75 Å². The van der Waals surface area contributed by atoms with Crippen molar-refractivity contribution < 1.29 is 14.6 Å². The molecule has 0 unspecified atom stereocenters. The highest BCUT2D eigenvalue weighted by Crippen LogP contribution is 2.30. The summed E-state index contributed by atoms with van der Waals surface area (Å²) in [4.78, 5) is 10.4. The van der Waals surface area contributed by atoms with E-state index in [0.29, 0.717) is 13.1 Å². The lowest BCUT2D eigenvalue weighted by Gasteiger charge is -2.27. The van der Waals surface area contributed by atoms with E-state index in [9.17, 15) is 4.79 Å². The van der Waals surface area contributed by atoms with Gasteiger partial charge in [0.15, 0.2) is 0 Å². The predicted molar refractivity (Wildman–Crippen MR) is 71.1 cm³/mol. The number of nitrogens with one attached hydrogen (secondary N) is 1. The van der Waals surface area contributed by atoms with Crippen molar-refractivity contribution in [3.8, 4) is 5.75 Å². The SMILES string of the molecule is COc1ccccc1C(C)(C)CNCCC(=O)O. The van der Waals surface area contributed by atoms with Crippen LogP contribution in [0.1, 0.15) is 25.8 Å². The molecule has 0 spiro atoms. The molecule has 4 heteroatoms. The molecule has 0 fully saturated rings. The number of carboxylic acid groups (broad SMARTS) is 1. The third-order valence-electron chi connectivity index (χ3n) is 2.92. The van der Waals surface area contributed by atoms with Crippen LogP contribution in [-0.4, -0.2) is 31.3 Å². The molecule has 1 rings (SSSR count). The molecule has 0 saturated carbocycles. The average molecular weight is 251 g/mol. The molecule has 1 aromatic rings. The van der Waals surface area contributed by atoms with Crippen molar-refractivity contribution in [1.82, 2.24) is 5.32 Å². The van der Waals surface area contributed by atoms with Crippen LogP contribution in [0.15, 0.2) is 24.3 Å². The largest absolute Gasteiger partial charge is 0.496 e. The van der Waals surface area contributed by atoms with E-state index in [1.165, 1.54) is 0 Å². The second-order valence-electron chi connectivity index (χ2n) is 4.90. The number of methoxy groups -OCH3 is 1. The summed E-state index contributed by atoms with van der Waals surface area (Å²) in [5.41, 5.74) is 1.01. The van der Waals surface area contributed by atoms with Crippen molar-refractivity contribution in [1.29, 1.82) is 0 Å². The van der Waals surface area contributed by atoms with Gasteiger partial charge in [0, 0.05) is 24.1 Å². The second kappa shape index (κ2) is 6.40. The Kier molecular flexibility index (Phi) is 5.16. The standard InChI is InChI=1S/C14H21NO3/c1-14(2,10-15-9-8-13(16)17)11-6-4-5-7-12(11)18-3/h4-7,15H,8-10H2,1-3H3,(H,16,17). The van der Waals surface area contributed by atoms with Crippen molar-refractivity contribution in [3.05, 3.63) is 29.8 Å². The van der Waals surface area contributed by atoms with Crippen LogP contribution in [0.3, 0.4) is 0 Å². The number of rotatable bonds is 7. The minimum atomic E-state index is -0.780. The first-order valence-corrected chi connectivity index (χ1v) is 6.03. The smallest absolute Gasteiger partial charge is 0.304 e. The number of carboxylic acids is 1. The third-order valence-corrected chi connectivity index (χ3v) is 2.92. The molecule has 0 aliphatic rings. The number of benzene rings is 1. The molecule has 2 N–H and O–H groups in total. The average Bonchev–Trinajstić information content (AvgIpc) is 2.34. The number of aliphatic carboxylic acids is 1. The zero-order valence-electron chi connectivity index (χ0n) is 11.2. The number of ether oxygens (including phenoxy) is 1. The molecule has 0 atom stereocenters. The summed E-state index contributed by atoms with van der Waals surface area (Å²) in [7, 11) is 1.66. The molecule has 0 saturated heterocycles. The maximum atomic E-state index is 10.4. The Morgan fingerprint density at radius 2 is 2.06 bits per heavy atom. The normalized spacial score (nSPS) is 11.3. The van der Waals surface area contributed by atoms with E-state index in [1.807, 2.05) is 24.3 Å². The number of hydrogen-bond donors (Lipinski definition) is 2. The Morgan fingerprint density at radius 3 is 2.67 bits per heavy atom. The monoisotopic (exact) mass is 251 g/mol. The molecule has 0 heterocycles. The number of carbonyl (C=O) groups is 1. The molecule has 0 bridgehead atoms. The van der Waals surface area contributed by atoms with E-state index >= 15 is 0 Å². The van der Waals surface area contributed by atoms with Gasteiger partial charge in [0.05, 0.1) is 13.5 Å². The molecular weight excluding hydrogens is 230 g/mol. The summed E-state index contributed by atoms with van der Waals surface area (Å²) >= 11 is 0. The summed E-state index contributed by atoms with van der Waals surface area (Å²) in [5, 5.41) is 11.8. The summed E-state index contributed by atoms with van der Waals surface area (Å²) in [6.07, 6.45) is 0.141. The van der Waals surface area contributed by atoms with Crippen LogP contribution < -0.4 is 10.1 Å². The van der Waals surface area contributed by atoms with E-state index < -0.39 is 5.97 Å². The third kappa shape index (κ3) is 4.04. The molecule has 0 aliphatic carbocycles. The number of para-hydroxylation sites is 1. The Labute approximate surface area is 108 Å². The summed E-state index contributed by atoms with van der Waals surface area (Å²) in [6.45, 7) is 5.41. The van der Waals surface area contributed by atoms with Crippen molar-refractivity contribution in [3.63, 3.8) is 0 Å². The first-order valence-electron chi connectivity index (χ1n) is 6.03. The minimum Gasteiger partial charge on any atom is -0.496 e. The van der Waals surface area contributed by atoms with Crippen LogP contribution in [0, 0.1) is 0 Å². The Bertz CT molecular complexity index is 402. The van der Waals surface area contributed by atoms with Gasteiger partial charge >= 0.3 is 5.97 Å². The maximum absolute atomic E-state index is 10.4. The molecule has 0 aliphatic heterocycles. The van der Waals surface area contributed by atoms with Crippen molar-refractivity contribution in [2.75, 3.05) is 20.2 Å². The summed E-state index contributed by atoms with van der Waals surface area (Å²) < 4.78 is 5.35. The van der Waals surface area contributed by atoms with Crippen molar-refractivity contribution in [2.24, 2.45) is 0 Å². The van der Waals surface area contributed by atoms with Gasteiger partial charge in [-0.25, -0.2) is 0 Å². The zero-order valence-corrected chi connectivity index (χ0v) is 11.2. The van der Waals surface area contributed by atoms with Crippen LogP contribution in [0.25, 0.3) is 0 Å². The minimum absolute atomic E-state index is 0.106. The topological polar surface area (TPSA) is 58.6 Å². The lowest BCUT2D eigenvalue weighted by molar-refractivity contribution is -0.136. The molecule has 0 radical (unpaired) electrons. The fourth-order valence-corrected chi connectivity index (χ4v) is 1.90. The quantitative estimate of drug-likeness (QED) is 0.728. The molecule has 1 aromatic carbocycles. The van der Waals surface area contributed by atoms with E-state index in [4.69, 9.17) is 9.84 Å².